The summed E-state index contributed by atoms with van der Waals surface area (Å²) in [5.74, 6) is 0. The molecule has 0 saturated carbocycles. The van der Waals surface area contributed by atoms with Crippen LogP contribution in [-0.2, 0) is 11.3 Å². The molecule has 1 aromatic rings. The van der Waals surface area contributed by atoms with Gasteiger partial charge in [0, 0.05) is 38.1 Å². The van der Waals surface area contributed by atoms with E-state index in [9.17, 15) is 4.79 Å². The van der Waals surface area contributed by atoms with Gasteiger partial charge in [-0.3, -0.25) is 4.79 Å². The minimum atomic E-state index is 0.0820. The van der Waals surface area contributed by atoms with E-state index in [1.807, 2.05) is 12.3 Å². The maximum absolute atomic E-state index is 11.4. The highest BCUT2D eigenvalue weighted by Crippen LogP contribution is 2.05. The molecular formula is C13H20N2O2. The molecule has 0 unspecified atom stereocenters. The van der Waals surface area contributed by atoms with Gasteiger partial charge in [-0.25, -0.2) is 0 Å². The lowest BCUT2D eigenvalue weighted by molar-refractivity contribution is 0.0779. The van der Waals surface area contributed by atoms with Crippen molar-refractivity contribution in [2.45, 2.75) is 31.8 Å². The third-order valence-corrected chi connectivity index (χ3v) is 3.13. The van der Waals surface area contributed by atoms with Gasteiger partial charge in [-0.2, -0.15) is 0 Å². The fraction of sp³-hybridized carbons (Fsp3) is 0.615. The molecule has 94 valence electrons. The second-order valence-electron chi connectivity index (χ2n) is 4.43. The molecule has 0 atom stereocenters. The first-order valence-electron chi connectivity index (χ1n) is 6.33. The molecule has 1 fully saturated rings. The molecule has 2 rings (SSSR count). The summed E-state index contributed by atoms with van der Waals surface area (Å²) in [6.07, 6.45) is 5.04. The molecule has 1 aliphatic rings. The Hall–Kier alpha value is -1.13. The molecule has 1 aliphatic heterocycles. The van der Waals surface area contributed by atoms with Gasteiger partial charge in [-0.1, -0.05) is 6.07 Å². The molecule has 0 radical (unpaired) electrons. The van der Waals surface area contributed by atoms with Crippen molar-refractivity contribution >= 4 is 0 Å². The maximum atomic E-state index is 11.4. The zero-order chi connectivity index (χ0) is 11.9. The highest BCUT2D eigenvalue weighted by molar-refractivity contribution is 4.93. The van der Waals surface area contributed by atoms with Crippen LogP contribution < -0.4 is 10.9 Å². The normalized spacial score (nSPS) is 17.2. The Labute approximate surface area is 102 Å². The molecule has 4 nitrogen and oxygen atoms in total. The predicted molar refractivity (Wildman–Crippen MR) is 67.2 cm³/mol. The molecule has 0 aliphatic carbocycles. The first kappa shape index (κ1) is 12.3. The van der Waals surface area contributed by atoms with E-state index in [2.05, 4.69) is 5.32 Å². The van der Waals surface area contributed by atoms with Crippen LogP contribution in [0.2, 0.25) is 0 Å². The first-order valence-corrected chi connectivity index (χ1v) is 6.33. The summed E-state index contributed by atoms with van der Waals surface area (Å²) < 4.78 is 7.06. The van der Waals surface area contributed by atoms with E-state index in [4.69, 9.17) is 4.74 Å². The highest BCUT2D eigenvalue weighted by Gasteiger charge is 2.11. The fourth-order valence-electron chi connectivity index (χ4n) is 2.10. The van der Waals surface area contributed by atoms with Crippen LogP contribution in [0.5, 0.6) is 0 Å². The van der Waals surface area contributed by atoms with Crippen LogP contribution in [0.4, 0.5) is 0 Å². The van der Waals surface area contributed by atoms with Gasteiger partial charge in [-0.05, 0) is 31.9 Å². The monoisotopic (exact) mass is 236 g/mol. The summed E-state index contributed by atoms with van der Waals surface area (Å²) in [7, 11) is 0. The molecule has 17 heavy (non-hydrogen) atoms. The minimum Gasteiger partial charge on any atom is -0.381 e. The fourth-order valence-corrected chi connectivity index (χ4v) is 2.10. The molecule has 1 saturated heterocycles. The number of aromatic nitrogens is 1. The predicted octanol–water partition coefficient (Wildman–Crippen LogP) is 1.01. The SMILES string of the molecule is O=c1ccccn1CCCNC1CCOCC1. The van der Waals surface area contributed by atoms with Crippen molar-refractivity contribution < 1.29 is 4.74 Å². The quantitative estimate of drug-likeness (QED) is 0.776. The molecule has 0 amide bonds. The summed E-state index contributed by atoms with van der Waals surface area (Å²) in [6, 6.07) is 5.87. The van der Waals surface area contributed by atoms with Gasteiger partial charge >= 0.3 is 0 Å². The Bertz CT molecular complexity index is 383. The number of aryl methyl sites for hydroxylation is 1. The topological polar surface area (TPSA) is 43.3 Å². The summed E-state index contributed by atoms with van der Waals surface area (Å²) in [5.41, 5.74) is 0.0820. The van der Waals surface area contributed by atoms with Crippen LogP contribution in [0.15, 0.2) is 29.2 Å². The Morgan fingerprint density at radius 1 is 1.35 bits per heavy atom. The molecular weight excluding hydrogens is 216 g/mol. The zero-order valence-electron chi connectivity index (χ0n) is 10.1. The van der Waals surface area contributed by atoms with E-state index in [-0.39, 0.29) is 5.56 Å². The molecule has 1 N–H and O–H groups in total. The number of hydrogen-bond donors (Lipinski definition) is 1. The number of pyridine rings is 1. The molecule has 0 bridgehead atoms. The van der Waals surface area contributed by atoms with Gasteiger partial charge in [0.25, 0.3) is 0 Å². The van der Waals surface area contributed by atoms with Crippen molar-refractivity contribution in [2.24, 2.45) is 0 Å². The average Bonchev–Trinajstić information content (AvgIpc) is 2.38. The first-order chi connectivity index (χ1) is 8.36. The number of nitrogens with one attached hydrogen (secondary N) is 1. The molecule has 2 heterocycles. The summed E-state index contributed by atoms with van der Waals surface area (Å²) in [4.78, 5) is 11.4. The Balaban J connectivity index is 1.66. The van der Waals surface area contributed by atoms with Crippen molar-refractivity contribution in [1.82, 2.24) is 9.88 Å². The van der Waals surface area contributed by atoms with Crippen LogP contribution in [0.3, 0.4) is 0 Å². The van der Waals surface area contributed by atoms with Crippen LogP contribution in [-0.4, -0.2) is 30.4 Å². The van der Waals surface area contributed by atoms with Crippen molar-refractivity contribution in [3.05, 3.63) is 34.7 Å². The smallest absolute Gasteiger partial charge is 0.250 e. The number of rotatable bonds is 5. The van der Waals surface area contributed by atoms with Crippen LogP contribution in [0, 0.1) is 0 Å². The summed E-state index contributed by atoms with van der Waals surface area (Å²) >= 11 is 0. The van der Waals surface area contributed by atoms with Gasteiger partial charge in [0.05, 0.1) is 0 Å². The van der Waals surface area contributed by atoms with Crippen LogP contribution in [0.1, 0.15) is 19.3 Å². The average molecular weight is 236 g/mol. The van der Waals surface area contributed by atoms with Crippen molar-refractivity contribution in [1.29, 1.82) is 0 Å². The number of nitrogens with zero attached hydrogens (tertiary/aromatic N) is 1. The standard InChI is InChI=1S/C13H20N2O2/c16-13-4-1-2-8-15(13)9-3-7-14-12-5-10-17-11-6-12/h1-2,4,8,12,14H,3,5-7,9-11H2. The van der Waals surface area contributed by atoms with E-state index < -0.39 is 0 Å². The van der Waals surface area contributed by atoms with E-state index in [0.717, 1.165) is 45.6 Å². The third kappa shape index (κ3) is 3.98. The molecule has 4 heteroatoms. The van der Waals surface area contributed by atoms with E-state index >= 15 is 0 Å². The minimum absolute atomic E-state index is 0.0820. The van der Waals surface area contributed by atoms with Crippen LogP contribution in [0.25, 0.3) is 0 Å². The van der Waals surface area contributed by atoms with Crippen molar-refractivity contribution in [3.8, 4) is 0 Å². The largest absolute Gasteiger partial charge is 0.381 e. The summed E-state index contributed by atoms with van der Waals surface area (Å²) in [5, 5.41) is 3.52. The number of ether oxygens (including phenoxy) is 1. The number of hydrogen-bond acceptors (Lipinski definition) is 3. The van der Waals surface area contributed by atoms with Gasteiger partial charge in [0.2, 0.25) is 5.56 Å². The summed E-state index contributed by atoms with van der Waals surface area (Å²) in [6.45, 7) is 3.49. The van der Waals surface area contributed by atoms with Gasteiger partial charge in [-0.15, -0.1) is 0 Å². The van der Waals surface area contributed by atoms with Crippen LogP contribution >= 0.6 is 0 Å². The van der Waals surface area contributed by atoms with Crippen molar-refractivity contribution in [3.63, 3.8) is 0 Å². The zero-order valence-corrected chi connectivity index (χ0v) is 10.1. The Morgan fingerprint density at radius 2 is 2.18 bits per heavy atom. The third-order valence-electron chi connectivity index (χ3n) is 3.13. The molecule has 0 aromatic carbocycles. The van der Waals surface area contributed by atoms with Gasteiger partial charge in [0.1, 0.15) is 0 Å². The Kier molecular flexibility index (Phi) is 4.76. The maximum Gasteiger partial charge on any atom is 0.250 e. The van der Waals surface area contributed by atoms with E-state index in [0.29, 0.717) is 6.04 Å². The molecule has 0 spiro atoms. The van der Waals surface area contributed by atoms with Gasteiger partial charge < -0.3 is 14.6 Å². The lowest BCUT2D eigenvalue weighted by Gasteiger charge is -2.23. The lowest BCUT2D eigenvalue weighted by atomic mass is 10.1. The van der Waals surface area contributed by atoms with E-state index in [1.165, 1.54) is 0 Å². The molecule has 1 aromatic heterocycles. The van der Waals surface area contributed by atoms with Crippen molar-refractivity contribution in [2.75, 3.05) is 19.8 Å². The highest BCUT2D eigenvalue weighted by atomic mass is 16.5. The second-order valence-corrected chi connectivity index (χ2v) is 4.43. The second kappa shape index (κ2) is 6.57. The van der Waals surface area contributed by atoms with E-state index in [1.54, 1.807) is 16.7 Å². The van der Waals surface area contributed by atoms with Gasteiger partial charge in [0.15, 0.2) is 0 Å². The lowest BCUT2D eigenvalue weighted by Crippen LogP contribution is -2.35. The Morgan fingerprint density at radius 3 is 2.94 bits per heavy atom.